The van der Waals surface area contributed by atoms with Crippen LogP contribution in [0.1, 0.15) is 29.5 Å². The highest BCUT2D eigenvalue weighted by Gasteiger charge is 2.24. The van der Waals surface area contributed by atoms with Gasteiger partial charge in [0, 0.05) is 35.9 Å². The molecule has 33 heavy (non-hydrogen) atoms. The summed E-state index contributed by atoms with van der Waals surface area (Å²) in [6.45, 7) is 3.99. The average Bonchev–Trinajstić information content (AvgIpc) is 2.81. The lowest BCUT2D eigenvalue weighted by atomic mass is 9.96. The van der Waals surface area contributed by atoms with Crippen molar-refractivity contribution in [1.82, 2.24) is 4.90 Å². The SMILES string of the molecule is Cc1c(Cc2ccccc2)c(=O)oc2cc(OC[C@@H](O)CN3CCC(C(N)=O)CC3)ccc12. The Balaban J connectivity index is 1.38. The van der Waals surface area contributed by atoms with Crippen LogP contribution in [-0.4, -0.2) is 48.3 Å². The van der Waals surface area contributed by atoms with Crippen molar-refractivity contribution in [3.63, 3.8) is 0 Å². The number of aliphatic hydroxyl groups excluding tert-OH is 1. The molecule has 7 heteroatoms. The largest absolute Gasteiger partial charge is 0.491 e. The van der Waals surface area contributed by atoms with Crippen LogP contribution in [0.25, 0.3) is 11.0 Å². The molecule has 1 aromatic heterocycles. The Morgan fingerprint density at radius 2 is 1.94 bits per heavy atom. The molecule has 1 saturated heterocycles. The number of carbonyl (C=O) groups excluding carboxylic acids is 1. The number of nitrogens with two attached hydrogens (primary N) is 1. The molecule has 0 unspecified atom stereocenters. The van der Waals surface area contributed by atoms with Crippen LogP contribution < -0.4 is 16.1 Å². The van der Waals surface area contributed by atoms with E-state index in [1.807, 2.05) is 49.4 Å². The molecule has 3 N–H and O–H groups in total. The topological polar surface area (TPSA) is 106 Å². The van der Waals surface area contributed by atoms with Gasteiger partial charge in [0.15, 0.2) is 0 Å². The second-order valence-electron chi connectivity index (χ2n) is 8.76. The van der Waals surface area contributed by atoms with E-state index in [0.717, 1.165) is 42.4 Å². The number of nitrogens with zero attached hydrogens (tertiary/aromatic N) is 1. The van der Waals surface area contributed by atoms with Gasteiger partial charge in [-0.1, -0.05) is 30.3 Å². The van der Waals surface area contributed by atoms with Crippen molar-refractivity contribution in [3.8, 4) is 5.75 Å². The molecule has 3 aromatic rings. The summed E-state index contributed by atoms with van der Waals surface area (Å²) in [4.78, 5) is 26.0. The number of amides is 1. The molecular formula is C26H30N2O5. The molecule has 0 aliphatic carbocycles. The van der Waals surface area contributed by atoms with Crippen molar-refractivity contribution in [2.24, 2.45) is 11.7 Å². The second-order valence-corrected chi connectivity index (χ2v) is 8.76. The van der Waals surface area contributed by atoms with Gasteiger partial charge in [-0.15, -0.1) is 0 Å². The van der Waals surface area contributed by atoms with Crippen molar-refractivity contribution in [3.05, 3.63) is 75.6 Å². The lowest BCUT2D eigenvalue weighted by molar-refractivity contribution is -0.123. The number of primary amides is 1. The summed E-state index contributed by atoms with van der Waals surface area (Å²) in [5.41, 5.74) is 8.10. The average molecular weight is 451 g/mol. The molecule has 7 nitrogen and oxygen atoms in total. The number of carbonyl (C=O) groups is 1. The summed E-state index contributed by atoms with van der Waals surface area (Å²) >= 11 is 0. The Morgan fingerprint density at radius 3 is 2.64 bits per heavy atom. The van der Waals surface area contributed by atoms with Crippen LogP contribution in [0.3, 0.4) is 0 Å². The highest BCUT2D eigenvalue weighted by Crippen LogP contribution is 2.25. The number of aliphatic hydroxyl groups is 1. The molecule has 0 spiro atoms. The van der Waals surface area contributed by atoms with E-state index in [4.69, 9.17) is 14.9 Å². The summed E-state index contributed by atoms with van der Waals surface area (Å²) in [5, 5.41) is 11.3. The second kappa shape index (κ2) is 10.2. The Kier molecular flexibility index (Phi) is 7.11. The molecule has 4 rings (SSSR count). The maximum atomic E-state index is 12.6. The molecule has 1 amide bonds. The number of β-amino-alcohol motifs (C(OH)–C–C–N with tert-alkyl or cyclic N) is 1. The van der Waals surface area contributed by atoms with Gasteiger partial charge in [-0.25, -0.2) is 4.79 Å². The van der Waals surface area contributed by atoms with E-state index < -0.39 is 6.10 Å². The van der Waals surface area contributed by atoms with Gasteiger partial charge in [0.25, 0.3) is 0 Å². The van der Waals surface area contributed by atoms with E-state index in [0.29, 0.717) is 29.9 Å². The van der Waals surface area contributed by atoms with Crippen LogP contribution in [0.5, 0.6) is 5.75 Å². The molecule has 0 saturated carbocycles. The minimum Gasteiger partial charge on any atom is -0.491 e. The van der Waals surface area contributed by atoms with Gasteiger partial charge in [0.05, 0.1) is 0 Å². The molecule has 174 valence electrons. The fourth-order valence-corrected chi connectivity index (χ4v) is 4.41. The molecule has 1 atom stereocenters. The molecule has 0 bridgehead atoms. The standard InChI is InChI=1S/C26H30N2O5/c1-17-22-8-7-21(32-16-20(29)15-28-11-9-19(10-12-28)25(27)30)14-24(22)33-26(31)23(17)13-18-5-3-2-4-6-18/h2-8,14,19-20,29H,9-13,15-16H2,1H3,(H2,27,30)/t20-/m0/s1. The summed E-state index contributed by atoms with van der Waals surface area (Å²) < 4.78 is 11.4. The fourth-order valence-electron chi connectivity index (χ4n) is 4.41. The van der Waals surface area contributed by atoms with Gasteiger partial charge in [-0.3, -0.25) is 4.79 Å². The van der Waals surface area contributed by atoms with Gasteiger partial charge in [-0.05, 0) is 56.1 Å². The van der Waals surface area contributed by atoms with E-state index in [2.05, 4.69) is 4.90 Å². The molecule has 1 fully saturated rings. The van der Waals surface area contributed by atoms with Crippen LogP contribution in [-0.2, 0) is 11.2 Å². The number of fused-ring (bicyclic) bond motifs is 1. The lowest BCUT2D eigenvalue weighted by Crippen LogP contribution is -2.43. The Bertz CT molecular complexity index is 1170. The van der Waals surface area contributed by atoms with E-state index in [1.165, 1.54) is 0 Å². The van der Waals surface area contributed by atoms with Crippen LogP contribution in [0.2, 0.25) is 0 Å². The van der Waals surface area contributed by atoms with Crippen molar-refractivity contribution < 1.29 is 19.1 Å². The summed E-state index contributed by atoms with van der Waals surface area (Å²) in [5.74, 6) is 0.217. The van der Waals surface area contributed by atoms with E-state index >= 15 is 0 Å². The van der Waals surface area contributed by atoms with E-state index in [1.54, 1.807) is 6.07 Å². The van der Waals surface area contributed by atoms with Gasteiger partial charge < -0.3 is 24.9 Å². The predicted molar refractivity (Wildman–Crippen MR) is 126 cm³/mol. The first-order valence-corrected chi connectivity index (χ1v) is 11.3. The third-order valence-corrected chi connectivity index (χ3v) is 6.38. The monoisotopic (exact) mass is 450 g/mol. The number of rotatable bonds is 8. The third kappa shape index (κ3) is 5.61. The fraction of sp³-hybridized carbons (Fsp3) is 0.385. The van der Waals surface area contributed by atoms with Crippen molar-refractivity contribution in [2.75, 3.05) is 26.2 Å². The number of aryl methyl sites for hydroxylation is 1. The third-order valence-electron chi connectivity index (χ3n) is 6.38. The van der Waals surface area contributed by atoms with Crippen LogP contribution in [0.15, 0.2) is 57.7 Å². The Morgan fingerprint density at radius 1 is 1.21 bits per heavy atom. The number of likely N-dealkylation sites (tertiary alicyclic amines) is 1. The van der Waals surface area contributed by atoms with Crippen LogP contribution in [0.4, 0.5) is 0 Å². The summed E-state index contributed by atoms with van der Waals surface area (Å²) in [7, 11) is 0. The number of hydrogen-bond acceptors (Lipinski definition) is 6. The smallest absolute Gasteiger partial charge is 0.340 e. The summed E-state index contributed by atoms with van der Waals surface area (Å²) in [6, 6.07) is 15.2. The molecule has 0 radical (unpaired) electrons. The minimum atomic E-state index is -0.673. The predicted octanol–water partition coefficient (Wildman–Crippen LogP) is 2.63. The number of hydrogen-bond donors (Lipinski definition) is 2. The molecule has 2 aromatic carbocycles. The van der Waals surface area contributed by atoms with E-state index in [-0.39, 0.29) is 24.1 Å². The van der Waals surface area contributed by atoms with Gasteiger partial charge in [0.2, 0.25) is 5.91 Å². The van der Waals surface area contributed by atoms with Crippen LogP contribution in [0, 0.1) is 12.8 Å². The van der Waals surface area contributed by atoms with Gasteiger partial charge >= 0.3 is 5.63 Å². The number of piperidine rings is 1. The van der Waals surface area contributed by atoms with Gasteiger partial charge in [0.1, 0.15) is 24.0 Å². The molecular weight excluding hydrogens is 420 g/mol. The molecule has 1 aliphatic rings. The first-order chi connectivity index (χ1) is 15.9. The van der Waals surface area contributed by atoms with Crippen molar-refractivity contribution in [2.45, 2.75) is 32.3 Å². The first-order valence-electron chi connectivity index (χ1n) is 11.3. The number of benzene rings is 2. The minimum absolute atomic E-state index is 0.0708. The highest BCUT2D eigenvalue weighted by atomic mass is 16.5. The molecule has 1 aliphatic heterocycles. The normalized spacial score (nSPS) is 16.1. The maximum absolute atomic E-state index is 12.6. The Hall–Kier alpha value is -3.16. The zero-order valence-electron chi connectivity index (χ0n) is 18.8. The Labute approximate surface area is 192 Å². The molecule has 2 heterocycles. The maximum Gasteiger partial charge on any atom is 0.340 e. The first kappa shape index (κ1) is 23.0. The zero-order chi connectivity index (χ0) is 23.4. The summed E-state index contributed by atoms with van der Waals surface area (Å²) in [6.07, 6.45) is 1.29. The zero-order valence-corrected chi connectivity index (χ0v) is 18.8. The lowest BCUT2D eigenvalue weighted by Gasteiger charge is -2.31. The van der Waals surface area contributed by atoms with Crippen molar-refractivity contribution in [1.29, 1.82) is 0 Å². The van der Waals surface area contributed by atoms with Crippen molar-refractivity contribution >= 4 is 16.9 Å². The van der Waals surface area contributed by atoms with Crippen LogP contribution >= 0.6 is 0 Å². The highest BCUT2D eigenvalue weighted by molar-refractivity contribution is 5.82. The quantitative estimate of drug-likeness (QED) is 0.511. The number of ether oxygens (including phenoxy) is 1. The van der Waals surface area contributed by atoms with E-state index in [9.17, 15) is 14.7 Å². The van der Waals surface area contributed by atoms with Gasteiger partial charge in [-0.2, -0.15) is 0 Å².